The van der Waals surface area contributed by atoms with Crippen molar-refractivity contribution in [3.05, 3.63) is 0 Å². The van der Waals surface area contributed by atoms with Crippen LogP contribution in [0.15, 0.2) is 0 Å². The van der Waals surface area contributed by atoms with Crippen LogP contribution in [0.3, 0.4) is 0 Å². The second-order valence-electron chi connectivity index (χ2n) is 7.27. The Morgan fingerprint density at radius 2 is 1.63 bits per heavy atom. The van der Waals surface area contributed by atoms with Gasteiger partial charge in [0.1, 0.15) is 0 Å². The van der Waals surface area contributed by atoms with E-state index in [0.29, 0.717) is 18.1 Å². The number of piperazine rings is 1. The standard InChI is InChI=1S/C16H32N2O/c1-11(2)14-6-7-16(19)15(8-14)18-9-12(3)17(5)13(4)10-18/h11-16,19H,6-10H2,1-5H3. The number of rotatable bonds is 2. The topological polar surface area (TPSA) is 26.7 Å². The average Bonchev–Trinajstić information content (AvgIpc) is 2.35. The maximum absolute atomic E-state index is 10.4. The van der Waals surface area contributed by atoms with Gasteiger partial charge in [0.25, 0.3) is 0 Å². The van der Waals surface area contributed by atoms with Crippen molar-refractivity contribution in [2.75, 3.05) is 20.1 Å². The van der Waals surface area contributed by atoms with Crippen LogP contribution in [0.2, 0.25) is 0 Å². The van der Waals surface area contributed by atoms with E-state index in [9.17, 15) is 5.11 Å². The fraction of sp³-hybridized carbons (Fsp3) is 1.00. The van der Waals surface area contributed by atoms with Crippen molar-refractivity contribution < 1.29 is 5.11 Å². The second-order valence-corrected chi connectivity index (χ2v) is 7.27. The van der Waals surface area contributed by atoms with Crippen molar-refractivity contribution in [2.24, 2.45) is 11.8 Å². The summed E-state index contributed by atoms with van der Waals surface area (Å²) in [6.07, 6.45) is 3.26. The summed E-state index contributed by atoms with van der Waals surface area (Å²) in [5.41, 5.74) is 0. The highest BCUT2D eigenvalue weighted by molar-refractivity contribution is 4.93. The number of hydrogen-bond donors (Lipinski definition) is 1. The summed E-state index contributed by atoms with van der Waals surface area (Å²) < 4.78 is 0. The number of nitrogens with zero attached hydrogens (tertiary/aromatic N) is 2. The van der Waals surface area contributed by atoms with E-state index >= 15 is 0 Å². The van der Waals surface area contributed by atoms with E-state index in [4.69, 9.17) is 0 Å². The first-order chi connectivity index (χ1) is 8.90. The van der Waals surface area contributed by atoms with Gasteiger partial charge in [-0.3, -0.25) is 9.80 Å². The normalized spacial score (nSPS) is 42.8. The molecule has 1 saturated carbocycles. The number of hydrogen-bond acceptors (Lipinski definition) is 3. The maximum atomic E-state index is 10.4. The van der Waals surface area contributed by atoms with E-state index in [1.165, 1.54) is 12.8 Å². The fourth-order valence-corrected chi connectivity index (χ4v) is 3.88. The quantitative estimate of drug-likeness (QED) is 0.832. The third-order valence-corrected chi connectivity index (χ3v) is 5.62. The minimum absolute atomic E-state index is 0.113. The molecule has 1 aliphatic carbocycles. The lowest BCUT2D eigenvalue weighted by atomic mass is 9.77. The summed E-state index contributed by atoms with van der Waals surface area (Å²) in [5.74, 6) is 1.54. The highest BCUT2D eigenvalue weighted by atomic mass is 16.3. The van der Waals surface area contributed by atoms with Crippen molar-refractivity contribution in [1.29, 1.82) is 0 Å². The summed E-state index contributed by atoms with van der Waals surface area (Å²) in [5, 5.41) is 10.4. The fourth-order valence-electron chi connectivity index (χ4n) is 3.88. The molecular weight excluding hydrogens is 236 g/mol. The third kappa shape index (κ3) is 3.32. The molecule has 1 heterocycles. The molecule has 1 saturated heterocycles. The van der Waals surface area contributed by atoms with E-state index in [1.807, 2.05) is 0 Å². The highest BCUT2D eigenvalue weighted by Crippen LogP contribution is 2.34. The lowest BCUT2D eigenvalue weighted by Crippen LogP contribution is -2.60. The molecule has 0 bridgehead atoms. The monoisotopic (exact) mass is 268 g/mol. The minimum Gasteiger partial charge on any atom is -0.391 e. The van der Waals surface area contributed by atoms with Gasteiger partial charge in [-0.05, 0) is 52.0 Å². The summed E-state index contributed by atoms with van der Waals surface area (Å²) >= 11 is 0. The molecule has 112 valence electrons. The predicted molar refractivity (Wildman–Crippen MR) is 80.2 cm³/mol. The first-order valence-corrected chi connectivity index (χ1v) is 8.04. The van der Waals surface area contributed by atoms with Gasteiger partial charge in [-0.15, -0.1) is 0 Å². The average molecular weight is 268 g/mol. The molecule has 19 heavy (non-hydrogen) atoms. The summed E-state index contributed by atoms with van der Waals surface area (Å²) in [6, 6.07) is 1.57. The molecule has 1 aliphatic heterocycles. The molecular formula is C16H32N2O. The molecule has 3 heteroatoms. The van der Waals surface area contributed by atoms with Crippen LogP contribution in [0, 0.1) is 11.8 Å². The molecule has 2 rings (SSSR count). The maximum Gasteiger partial charge on any atom is 0.0695 e. The number of aliphatic hydroxyl groups is 1. The Labute approximate surface area is 119 Å². The van der Waals surface area contributed by atoms with Crippen LogP contribution in [-0.2, 0) is 0 Å². The van der Waals surface area contributed by atoms with Gasteiger partial charge in [-0.2, -0.15) is 0 Å². The Balaban J connectivity index is 2.02. The van der Waals surface area contributed by atoms with Gasteiger partial charge < -0.3 is 5.11 Å². The summed E-state index contributed by atoms with van der Waals surface area (Å²) in [6.45, 7) is 11.5. The molecule has 1 N–H and O–H groups in total. The first-order valence-electron chi connectivity index (χ1n) is 8.04. The number of likely N-dealkylation sites (N-methyl/N-ethyl adjacent to an activating group) is 1. The Kier molecular flexibility index (Phi) is 4.91. The van der Waals surface area contributed by atoms with Gasteiger partial charge in [0.05, 0.1) is 6.10 Å². The van der Waals surface area contributed by atoms with Crippen molar-refractivity contribution >= 4 is 0 Å². The van der Waals surface area contributed by atoms with E-state index in [1.54, 1.807) is 0 Å². The van der Waals surface area contributed by atoms with Crippen molar-refractivity contribution in [1.82, 2.24) is 9.80 Å². The largest absolute Gasteiger partial charge is 0.391 e. The first kappa shape index (κ1) is 15.3. The molecule has 5 unspecified atom stereocenters. The Bertz CT molecular complexity index is 282. The van der Waals surface area contributed by atoms with E-state index in [0.717, 1.165) is 31.3 Å². The van der Waals surface area contributed by atoms with Crippen LogP contribution in [0.5, 0.6) is 0 Å². The molecule has 0 amide bonds. The lowest BCUT2D eigenvalue weighted by Gasteiger charge is -2.49. The minimum atomic E-state index is -0.113. The molecule has 0 spiro atoms. The Morgan fingerprint density at radius 1 is 1.05 bits per heavy atom. The molecule has 2 fully saturated rings. The van der Waals surface area contributed by atoms with Gasteiger partial charge in [0.15, 0.2) is 0 Å². The SMILES string of the molecule is CC(C)C1CCC(O)C(N2CC(C)N(C)C(C)C2)C1. The molecule has 0 aromatic rings. The van der Waals surface area contributed by atoms with Crippen molar-refractivity contribution in [3.63, 3.8) is 0 Å². The third-order valence-electron chi connectivity index (χ3n) is 5.62. The van der Waals surface area contributed by atoms with E-state index < -0.39 is 0 Å². The lowest BCUT2D eigenvalue weighted by molar-refractivity contribution is -0.0448. The van der Waals surface area contributed by atoms with Crippen LogP contribution in [-0.4, -0.2) is 59.3 Å². The van der Waals surface area contributed by atoms with Gasteiger partial charge >= 0.3 is 0 Å². The van der Waals surface area contributed by atoms with Crippen molar-refractivity contribution in [2.45, 2.75) is 71.2 Å². The molecule has 0 radical (unpaired) electrons. The molecule has 0 aromatic heterocycles. The zero-order valence-electron chi connectivity index (χ0n) is 13.3. The van der Waals surface area contributed by atoms with Crippen LogP contribution >= 0.6 is 0 Å². The summed E-state index contributed by atoms with van der Waals surface area (Å²) in [4.78, 5) is 5.03. The van der Waals surface area contributed by atoms with Crippen LogP contribution < -0.4 is 0 Å². The van der Waals surface area contributed by atoms with Crippen molar-refractivity contribution in [3.8, 4) is 0 Å². The van der Waals surface area contributed by atoms with E-state index in [2.05, 4.69) is 44.5 Å². The highest BCUT2D eigenvalue weighted by Gasteiger charge is 2.38. The summed E-state index contributed by atoms with van der Waals surface area (Å²) in [7, 11) is 2.22. The van der Waals surface area contributed by atoms with Gasteiger partial charge in [0.2, 0.25) is 0 Å². The zero-order chi connectivity index (χ0) is 14.2. The predicted octanol–water partition coefficient (Wildman–Crippen LogP) is 2.20. The van der Waals surface area contributed by atoms with Gasteiger partial charge in [0, 0.05) is 31.2 Å². The molecule has 5 atom stereocenters. The number of aliphatic hydroxyl groups excluding tert-OH is 1. The Hall–Kier alpha value is -0.120. The second kappa shape index (κ2) is 6.11. The van der Waals surface area contributed by atoms with Gasteiger partial charge in [-0.1, -0.05) is 13.8 Å². The Morgan fingerprint density at radius 3 is 2.16 bits per heavy atom. The molecule has 2 aliphatic rings. The smallest absolute Gasteiger partial charge is 0.0695 e. The van der Waals surface area contributed by atoms with Crippen LogP contribution in [0.4, 0.5) is 0 Å². The van der Waals surface area contributed by atoms with Crippen LogP contribution in [0.25, 0.3) is 0 Å². The van der Waals surface area contributed by atoms with Gasteiger partial charge in [-0.25, -0.2) is 0 Å². The van der Waals surface area contributed by atoms with E-state index in [-0.39, 0.29) is 6.10 Å². The van der Waals surface area contributed by atoms with Crippen LogP contribution in [0.1, 0.15) is 47.0 Å². The molecule has 0 aromatic carbocycles. The molecule has 3 nitrogen and oxygen atoms in total. The zero-order valence-corrected chi connectivity index (χ0v) is 13.3.